The van der Waals surface area contributed by atoms with Crippen molar-refractivity contribution in [3.8, 4) is 0 Å². The first-order valence-corrected chi connectivity index (χ1v) is 7.56. The highest BCUT2D eigenvalue weighted by molar-refractivity contribution is 5.68. The number of nitrogens with one attached hydrogen (secondary N) is 1. The normalized spacial score (nSPS) is 22.7. The van der Waals surface area contributed by atoms with Gasteiger partial charge in [0.15, 0.2) is 0 Å². The Labute approximate surface area is 122 Å². The van der Waals surface area contributed by atoms with Gasteiger partial charge < -0.3 is 20.1 Å². The van der Waals surface area contributed by atoms with Gasteiger partial charge in [-0.2, -0.15) is 0 Å². The summed E-state index contributed by atoms with van der Waals surface area (Å²) >= 11 is 0. The smallest absolute Gasteiger partial charge is 0.410 e. The summed E-state index contributed by atoms with van der Waals surface area (Å²) in [5.41, 5.74) is -1.12. The Bertz CT molecular complexity index is 324. The molecule has 2 unspecified atom stereocenters. The van der Waals surface area contributed by atoms with E-state index in [-0.39, 0.29) is 12.1 Å². The molecule has 0 radical (unpaired) electrons. The Morgan fingerprint density at radius 3 is 2.60 bits per heavy atom. The number of aliphatic hydroxyl groups is 1. The second-order valence-electron chi connectivity index (χ2n) is 7.04. The Kier molecular flexibility index (Phi) is 5.83. The molecule has 0 aliphatic carbocycles. The van der Waals surface area contributed by atoms with Gasteiger partial charge in [-0.15, -0.1) is 0 Å². The molecule has 5 heteroatoms. The monoisotopic (exact) mass is 286 g/mol. The van der Waals surface area contributed by atoms with Crippen LogP contribution >= 0.6 is 0 Å². The molecule has 2 atom stereocenters. The van der Waals surface area contributed by atoms with Crippen molar-refractivity contribution in [1.29, 1.82) is 0 Å². The topological polar surface area (TPSA) is 61.8 Å². The van der Waals surface area contributed by atoms with Crippen LogP contribution in [0.25, 0.3) is 0 Å². The second-order valence-corrected chi connectivity index (χ2v) is 7.04. The molecule has 118 valence electrons. The summed E-state index contributed by atoms with van der Waals surface area (Å²) in [5.74, 6) is 0. The zero-order chi connectivity index (χ0) is 15.4. The molecule has 0 spiro atoms. The highest BCUT2D eigenvalue weighted by Crippen LogP contribution is 2.16. The van der Waals surface area contributed by atoms with Gasteiger partial charge in [-0.3, -0.25) is 0 Å². The minimum absolute atomic E-state index is 0.242. The van der Waals surface area contributed by atoms with E-state index in [2.05, 4.69) is 12.2 Å². The van der Waals surface area contributed by atoms with Crippen LogP contribution in [-0.2, 0) is 4.74 Å². The summed E-state index contributed by atoms with van der Waals surface area (Å²) in [7, 11) is 0. The highest BCUT2D eigenvalue weighted by Gasteiger charge is 2.30. The van der Waals surface area contributed by atoms with Crippen LogP contribution in [0.4, 0.5) is 4.79 Å². The molecule has 2 N–H and O–H groups in total. The molecule has 0 saturated carbocycles. The molecule has 1 aliphatic heterocycles. The minimum Gasteiger partial charge on any atom is -0.444 e. The number of carbonyl (C=O) groups is 1. The Morgan fingerprint density at radius 2 is 2.05 bits per heavy atom. The largest absolute Gasteiger partial charge is 0.444 e. The van der Waals surface area contributed by atoms with Gasteiger partial charge in [0.1, 0.15) is 5.60 Å². The van der Waals surface area contributed by atoms with Gasteiger partial charge in [0.25, 0.3) is 0 Å². The standard InChI is InChI=1S/C15H30N2O3/c1-6-8-15(5,19)11-16-12-7-9-17(10-12)13(18)20-14(2,3)4/h12,16,19H,6-11H2,1-5H3. The molecule has 0 bridgehead atoms. The van der Waals surface area contributed by atoms with Gasteiger partial charge >= 0.3 is 6.09 Å². The van der Waals surface area contributed by atoms with E-state index >= 15 is 0 Å². The summed E-state index contributed by atoms with van der Waals surface area (Å²) in [6.07, 6.45) is 2.40. The van der Waals surface area contributed by atoms with Crippen molar-refractivity contribution in [3.63, 3.8) is 0 Å². The average Bonchev–Trinajstić information content (AvgIpc) is 2.72. The Hall–Kier alpha value is -0.810. The lowest BCUT2D eigenvalue weighted by atomic mass is 10.0. The van der Waals surface area contributed by atoms with Crippen LogP contribution in [0.5, 0.6) is 0 Å². The summed E-state index contributed by atoms with van der Waals surface area (Å²) < 4.78 is 5.36. The summed E-state index contributed by atoms with van der Waals surface area (Å²) in [6.45, 7) is 11.5. The van der Waals surface area contributed by atoms with Gasteiger partial charge in [0.05, 0.1) is 5.60 Å². The van der Waals surface area contributed by atoms with Crippen molar-refractivity contribution < 1.29 is 14.6 Å². The number of likely N-dealkylation sites (tertiary alicyclic amines) is 1. The van der Waals surface area contributed by atoms with Crippen molar-refractivity contribution in [2.75, 3.05) is 19.6 Å². The lowest BCUT2D eigenvalue weighted by Crippen LogP contribution is -2.44. The molecule has 1 amide bonds. The molecule has 20 heavy (non-hydrogen) atoms. The number of amides is 1. The Balaban J connectivity index is 2.35. The van der Waals surface area contributed by atoms with Crippen LogP contribution in [0, 0.1) is 0 Å². The van der Waals surface area contributed by atoms with Crippen molar-refractivity contribution in [3.05, 3.63) is 0 Å². The fourth-order valence-electron chi connectivity index (χ4n) is 2.41. The van der Waals surface area contributed by atoms with Crippen molar-refractivity contribution >= 4 is 6.09 Å². The van der Waals surface area contributed by atoms with Crippen molar-refractivity contribution in [2.45, 2.75) is 71.1 Å². The number of nitrogens with zero attached hydrogens (tertiary/aromatic N) is 1. The molecule has 0 aromatic heterocycles. The maximum atomic E-state index is 11.9. The van der Waals surface area contributed by atoms with Crippen LogP contribution in [-0.4, -0.2) is 53.0 Å². The molecule has 0 aromatic carbocycles. The van der Waals surface area contributed by atoms with E-state index in [0.29, 0.717) is 19.6 Å². The SMILES string of the molecule is CCCC(C)(O)CNC1CCN(C(=O)OC(C)(C)C)C1. The number of rotatable bonds is 5. The number of hydrogen-bond donors (Lipinski definition) is 2. The number of ether oxygens (including phenoxy) is 1. The minimum atomic E-state index is -0.673. The van der Waals surface area contributed by atoms with E-state index in [9.17, 15) is 9.90 Å². The quantitative estimate of drug-likeness (QED) is 0.813. The molecular weight excluding hydrogens is 256 g/mol. The van der Waals surface area contributed by atoms with E-state index < -0.39 is 11.2 Å². The van der Waals surface area contributed by atoms with Crippen LogP contribution in [0.1, 0.15) is 53.9 Å². The first kappa shape index (κ1) is 17.2. The zero-order valence-corrected chi connectivity index (χ0v) is 13.5. The van der Waals surface area contributed by atoms with Crippen molar-refractivity contribution in [1.82, 2.24) is 10.2 Å². The highest BCUT2D eigenvalue weighted by atomic mass is 16.6. The van der Waals surface area contributed by atoms with E-state index in [1.165, 1.54) is 0 Å². The number of carbonyl (C=O) groups excluding carboxylic acids is 1. The predicted molar refractivity (Wildman–Crippen MR) is 79.7 cm³/mol. The van der Waals surface area contributed by atoms with Gasteiger partial charge in [0.2, 0.25) is 0 Å². The third-order valence-electron chi connectivity index (χ3n) is 3.40. The average molecular weight is 286 g/mol. The van der Waals surface area contributed by atoms with Crippen LogP contribution in [0.3, 0.4) is 0 Å². The second kappa shape index (κ2) is 6.76. The summed E-state index contributed by atoms with van der Waals surface area (Å²) in [5, 5.41) is 13.5. The summed E-state index contributed by atoms with van der Waals surface area (Å²) in [4.78, 5) is 13.7. The Morgan fingerprint density at radius 1 is 1.40 bits per heavy atom. The van der Waals surface area contributed by atoms with E-state index in [1.807, 2.05) is 27.7 Å². The van der Waals surface area contributed by atoms with Crippen LogP contribution in [0.2, 0.25) is 0 Å². The molecule has 1 fully saturated rings. The third-order valence-corrected chi connectivity index (χ3v) is 3.40. The fraction of sp³-hybridized carbons (Fsp3) is 0.933. The maximum Gasteiger partial charge on any atom is 0.410 e. The molecule has 1 aliphatic rings. The van der Waals surface area contributed by atoms with Gasteiger partial charge in [-0.05, 0) is 40.5 Å². The predicted octanol–water partition coefficient (Wildman–Crippen LogP) is 2.14. The third kappa shape index (κ3) is 6.09. The van der Waals surface area contributed by atoms with Crippen molar-refractivity contribution in [2.24, 2.45) is 0 Å². The molecular formula is C15H30N2O3. The fourth-order valence-corrected chi connectivity index (χ4v) is 2.41. The zero-order valence-electron chi connectivity index (χ0n) is 13.5. The van der Waals surface area contributed by atoms with E-state index in [4.69, 9.17) is 4.74 Å². The first-order chi connectivity index (χ1) is 9.13. The molecule has 1 heterocycles. The van der Waals surface area contributed by atoms with Gasteiger partial charge in [-0.25, -0.2) is 4.79 Å². The molecule has 5 nitrogen and oxygen atoms in total. The molecule has 0 aromatic rings. The lowest BCUT2D eigenvalue weighted by Gasteiger charge is -2.26. The lowest BCUT2D eigenvalue weighted by molar-refractivity contribution is 0.0285. The van der Waals surface area contributed by atoms with Gasteiger partial charge in [0, 0.05) is 25.7 Å². The summed E-state index contributed by atoms with van der Waals surface area (Å²) in [6, 6.07) is 0.242. The van der Waals surface area contributed by atoms with E-state index in [0.717, 1.165) is 19.3 Å². The van der Waals surface area contributed by atoms with Crippen LogP contribution in [0.15, 0.2) is 0 Å². The molecule has 1 saturated heterocycles. The number of hydrogen-bond acceptors (Lipinski definition) is 4. The first-order valence-electron chi connectivity index (χ1n) is 7.56. The van der Waals surface area contributed by atoms with E-state index in [1.54, 1.807) is 4.90 Å². The maximum absolute atomic E-state index is 11.9. The molecule has 1 rings (SSSR count). The van der Waals surface area contributed by atoms with Gasteiger partial charge in [-0.1, -0.05) is 13.3 Å². The van der Waals surface area contributed by atoms with Crippen LogP contribution < -0.4 is 5.32 Å².